The highest BCUT2D eigenvalue weighted by atomic mass is 16.7. The molecule has 2 heteroatoms. The summed E-state index contributed by atoms with van der Waals surface area (Å²) in [5, 5.41) is 0. The van der Waals surface area contributed by atoms with E-state index in [0.29, 0.717) is 6.10 Å². The molecule has 1 aromatic rings. The fourth-order valence-corrected chi connectivity index (χ4v) is 2.11. The second-order valence-electron chi connectivity index (χ2n) is 4.69. The van der Waals surface area contributed by atoms with Crippen molar-refractivity contribution in [1.82, 2.24) is 0 Å². The third-order valence-electron chi connectivity index (χ3n) is 3.09. The Kier molecular flexibility index (Phi) is 3.62. The van der Waals surface area contributed by atoms with Gasteiger partial charge >= 0.3 is 0 Å². The lowest BCUT2D eigenvalue weighted by Crippen LogP contribution is -2.41. The summed E-state index contributed by atoms with van der Waals surface area (Å²) >= 11 is 0. The van der Waals surface area contributed by atoms with E-state index >= 15 is 0 Å². The van der Waals surface area contributed by atoms with Crippen LogP contribution in [0.25, 0.3) is 0 Å². The van der Waals surface area contributed by atoms with Crippen LogP contribution in [0.3, 0.4) is 0 Å². The number of hydrogen-bond acceptors (Lipinski definition) is 2. The fourth-order valence-electron chi connectivity index (χ4n) is 2.11. The first-order valence-electron chi connectivity index (χ1n) is 6.04. The molecule has 1 aliphatic rings. The number of ether oxygens (including phenoxy) is 2. The van der Waals surface area contributed by atoms with Gasteiger partial charge in [-0.25, -0.2) is 0 Å². The monoisotopic (exact) mass is 220 g/mol. The molecule has 1 aliphatic heterocycles. The van der Waals surface area contributed by atoms with Gasteiger partial charge in [0.2, 0.25) is 0 Å². The molecule has 88 valence electrons. The van der Waals surface area contributed by atoms with Gasteiger partial charge < -0.3 is 9.47 Å². The summed E-state index contributed by atoms with van der Waals surface area (Å²) in [6, 6.07) is 10.5. The number of benzene rings is 1. The molecule has 0 bridgehead atoms. The SMILES string of the molecule is C[C@@H]1CCO[C@@](C)(CCc2ccccc2)O1. The first-order valence-corrected chi connectivity index (χ1v) is 6.04. The van der Waals surface area contributed by atoms with Crippen LogP contribution in [0, 0.1) is 0 Å². The van der Waals surface area contributed by atoms with Crippen LogP contribution in [0.5, 0.6) is 0 Å². The molecule has 0 spiro atoms. The maximum absolute atomic E-state index is 5.87. The highest BCUT2D eigenvalue weighted by molar-refractivity contribution is 5.14. The molecule has 0 radical (unpaired) electrons. The third kappa shape index (κ3) is 3.06. The molecule has 0 unspecified atom stereocenters. The summed E-state index contributed by atoms with van der Waals surface area (Å²) in [7, 11) is 0. The zero-order valence-corrected chi connectivity index (χ0v) is 10.1. The molecular formula is C14H20O2. The molecule has 0 saturated carbocycles. The second kappa shape index (κ2) is 4.98. The van der Waals surface area contributed by atoms with Crippen molar-refractivity contribution >= 4 is 0 Å². The Morgan fingerprint density at radius 2 is 2.06 bits per heavy atom. The van der Waals surface area contributed by atoms with Crippen molar-refractivity contribution in [1.29, 1.82) is 0 Å². The fraction of sp³-hybridized carbons (Fsp3) is 0.571. The van der Waals surface area contributed by atoms with Gasteiger partial charge in [0.15, 0.2) is 5.79 Å². The van der Waals surface area contributed by atoms with Crippen molar-refractivity contribution in [3.05, 3.63) is 35.9 Å². The van der Waals surface area contributed by atoms with Gasteiger partial charge in [-0.15, -0.1) is 0 Å². The predicted octanol–water partition coefficient (Wildman–Crippen LogP) is 3.16. The molecule has 0 N–H and O–H groups in total. The van der Waals surface area contributed by atoms with Gasteiger partial charge in [-0.05, 0) is 32.3 Å². The second-order valence-corrected chi connectivity index (χ2v) is 4.69. The minimum Gasteiger partial charge on any atom is -0.350 e. The van der Waals surface area contributed by atoms with E-state index in [-0.39, 0.29) is 0 Å². The van der Waals surface area contributed by atoms with E-state index in [2.05, 4.69) is 31.2 Å². The van der Waals surface area contributed by atoms with Gasteiger partial charge in [-0.2, -0.15) is 0 Å². The van der Waals surface area contributed by atoms with E-state index < -0.39 is 5.79 Å². The maximum atomic E-state index is 5.87. The van der Waals surface area contributed by atoms with Crippen molar-refractivity contribution in [2.45, 2.75) is 45.0 Å². The molecule has 2 rings (SSSR count). The highest BCUT2D eigenvalue weighted by Crippen LogP contribution is 2.27. The molecule has 1 aromatic carbocycles. The van der Waals surface area contributed by atoms with E-state index in [9.17, 15) is 0 Å². The maximum Gasteiger partial charge on any atom is 0.166 e. The lowest BCUT2D eigenvalue weighted by Gasteiger charge is -2.37. The van der Waals surface area contributed by atoms with Gasteiger partial charge in [0.05, 0.1) is 12.7 Å². The van der Waals surface area contributed by atoms with E-state index in [0.717, 1.165) is 25.9 Å². The van der Waals surface area contributed by atoms with Crippen LogP contribution in [-0.4, -0.2) is 18.5 Å². The van der Waals surface area contributed by atoms with Gasteiger partial charge in [0.1, 0.15) is 0 Å². The zero-order chi connectivity index (χ0) is 11.4. The van der Waals surface area contributed by atoms with E-state index in [1.807, 2.05) is 13.0 Å². The third-order valence-corrected chi connectivity index (χ3v) is 3.09. The van der Waals surface area contributed by atoms with Gasteiger partial charge in [-0.1, -0.05) is 30.3 Å². The lowest BCUT2D eigenvalue weighted by molar-refractivity contribution is -0.282. The molecule has 2 atom stereocenters. The van der Waals surface area contributed by atoms with E-state index in [4.69, 9.17) is 9.47 Å². The van der Waals surface area contributed by atoms with Gasteiger partial charge in [-0.3, -0.25) is 0 Å². The molecular weight excluding hydrogens is 200 g/mol. The molecule has 0 aliphatic carbocycles. The Bertz CT molecular complexity index is 323. The molecule has 1 saturated heterocycles. The molecule has 0 amide bonds. The van der Waals surface area contributed by atoms with Crippen LogP contribution in [0.1, 0.15) is 32.3 Å². The predicted molar refractivity (Wildman–Crippen MR) is 64.3 cm³/mol. The van der Waals surface area contributed by atoms with Crippen LogP contribution in [0.4, 0.5) is 0 Å². The average Bonchev–Trinajstić information content (AvgIpc) is 2.28. The highest BCUT2D eigenvalue weighted by Gasteiger charge is 2.31. The Hall–Kier alpha value is -0.860. The first-order chi connectivity index (χ1) is 7.68. The van der Waals surface area contributed by atoms with Crippen LogP contribution in [-0.2, 0) is 15.9 Å². The number of hydrogen-bond donors (Lipinski definition) is 0. The average molecular weight is 220 g/mol. The van der Waals surface area contributed by atoms with Crippen molar-refractivity contribution in [3.8, 4) is 0 Å². The Balaban J connectivity index is 1.89. The number of aryl methyl sites for hydroxylation is 1. The zero-order valence-electron chi connectivity index (χ0n) is 10.1. The molecule has 1 heterocycles. The Morgan fingerprint density at radius 3 is 2.75 bits per heavy atom. The van der Waals surface area contributed by atoms with Gasteiger partial charge in [0, 0.05) is 6.42 Å². The Labute approximate surface area is 97.6 Å². The van der Waals surface area contributed by atoms with E-state index in [1.165, 1.54) is 5.56 Å². The van der Waals surface area contributed by atoms with Crippen molar-refractivity contribution in [2.24, 2.45) is 0 Å². The largest absolute Gasteiger partial charge is 0.350 e. The molecule has 1 fully saturated rings. The van der Waals surface area contributed by atoms with Crippen LogP contribution < -0.4 is 0 Å². The van der Waals surface area contributed by atoms with Crippen LogP contribution in [0.2, 0.25) is 0 Å². The summed E-state index contributed by atoms with van der Waals surface area (Å²) in [5.41, 5.74) is 1.34. The van der Waals surface area contributed by atoms with Gasteiger partial charge in [0.25, 0.3) is 0 Å². The van der Waals surface area contributed by atoms with Crippen LogP contribution >= 0.6 is 0 Å². The van der Waals surface area contributed by atoms with Crippen LogP contribution in [0.15, 0.2) is 30.3 Å². The van der Waals surface area contributed by atoms with E-state index in [1.54, 1.807) is 0 Å². The van der Waals surface area contributed by atoms with Crippen molar-refractivity contribution in [3.63, 3.8) is 0 Å². The molecule has 2 nitrogen and oxygen atoms in total. The molecule has 16 heavy (non-hydrogen) atoms. The Morgan fingerprint density at radius 1 is 1.31 bits per heavy atom. The standard InChI is InChI=1S/C14H20O2/c1-12-9-11-15-14(2,16-12)10-8-13-6-4-3-5-7-13/h3-7,12H,8-11H2,1-2H3/t12-,14-/m1/s1. The minimum absolute atomic E-state index is 0.314. The summed E-state index contributed by atoms with van der Waals surface area (Å²) in [5.74, 6) is -0.395. The summed E-state index contributed by atoms with van der Waals surface area (Å²) < 4.78 is 11.6. The quantitative estimate of drug-likeness (QED) is 0.779. The topological polar surface area (TPSA) is 18.5 Å². The first kappa shape index (κ1) is 11.6. The summed E-state index contributed by atoms with van der Waals surface area (Å²) in [4.78, 5) is 0. The summed E-state index contributed by atoms with van der Waals surface area (Å²) in [6.45, 7) is 4.97. The molecule has 0 aromatic heterocycles. The smallest absolute Gasteiger partial charge is 0.166 e. The van der Waals surface area contributed by atoms with Crippen molar-refractivity contribution < 1.29 is 9.47 Å². The lowest BCUT2D eigenvalue weighted by atomic mass is 10.0. The normalized spacial score (nSPS) is 30.2. The minimum atomic E-state index is -0.395. The number of rotatable bonds is 3. The van der Waals surface area contributed by atoms with Crippen molar-refractivity contribution in [2.75, 3.05) is 6.61 Å². The summed E-state index contributed by atoms with van der Waals surface area (Å²) in [6.07, 6.45) is 3.24.